The van der Waals surface area contributed by atoms with Crippen LogP contribution in [0.2, 0.25) is 5.02 Å². The maximum Gasteiger partial charge on any atom is 0.296 e. The maximum atomic E-state index is 12.6. The highest BCUT2D eigenvalue weighted by atomic mass is 35.5. The van der Waals surface area contributed by atoms with Crippen LogP contribution >= 0.6 is 11.6 Å². The van der Waals surface area contributed by atoms with E-state index in [0.29, 0.717) is 28.3 Å². The number of aromatic amines is 1. The Labute approximate surface area is 222 Å². The molecule has 4 heterocycles. The van der Waals surface area contributed by atoms with Gasteiger partial charge in [0.15, 0.2) is 17.3 Å². The number of imidazole rings is 1. The third-order valence-corrected chi connectivity index (χ3v) is 7.26. The molecule has 2 fully saturated rings. The lowest BCUT2D eigenvalue weighted by atomic mass is 9.91. The number of nitrogens with one attached hydrogen (secondary N) is 3. The van der Waals surface area contributed by atoms with E-state index in [1.54, 1.807) is 6.07 Å². The molecule has 38 heavy (non-hydrogen) atoms. The lowest BCUT2D eigenvalue weighted by Gasteiger charge is -2.29. The predicted octanol–water partition coefficient (Wildman–Crippen LogP) is 2.72. The summed E-state index contributed by atoms with van der Waals surface area (Å²) in [6.07, 6.45) is -1.37. The number of hydrogen-bond acceptors (Lipinski definition) is 7. The third kappa shape index (κ3) is 4.07. The van der Waals surface area contributed by atoms with Crippen molar-refractivity contribution in [2.24, 2.45) is 0 Å². The summed E-state index contributed by atoms with van der Waals surface area (Å²) in [6.45, 7) is 0.114. The van der Waals surface area contributed by atoms with Gasteiger partial charge in [0.1, 0.15) is 12.2 Å². The van der Waals surface area contributed by atoms with Gasteiger partial charge in [0.25, 0.3) is 11.9 Å². The van der Waals surface area contributed by atoms with Gasteiger partial charge in [-0.25, -0.2) is 4.98 Å². The Balaban J connectivity index is 1.22. The number of H-pyrrole nitrogens is 1. The Morgan fingerprint density at radius 3 is 2.58 bits per heavy atom. The molecular weight excluding hydrogens is 510 g/mol. The van der Waals surface area contributed by atoms with Gasteiger partial charge >= 0.3 is 0 Å². The first-order valence-electron chi connectivity index (χ1n) is 12.1. The highest BCUT2D eigenvalue weighted by Crippen LogP contribution is 2.36. The summed E-state index contributed by atoms with van der Waals surface area (Å²) in [5.74, 6) is -0.398. The van der Waals surface area contributed by atoms with Crippen LogP contribution in [-0.4, -0.2) is 71.4 Å². The number of aromatic nitrogens is 3. The Hall–Kier alpha value is -3.99. The molecule has 2 aromatic carbocycles. The van der Waals surface area contributed by atoms with Gasteiger partial charge in [0.05, 0.1) is 29.4 Å². The van der Waals surface area contributed by atoms with Crippen molar-refractivity contribution in [3.8, 4) is 28.4 Å². The molecule has 2 unspecified atom stereocenters. The van der Waals surface area contributed by atoms with E-state index in [1.165, 1.54) is 7.05 Å². The highest BCUT2D eigenvalue weighted by Gasteiger charge is 2.61. The summed E-state index contributed by atoms with van der Waals surface area (Å²) < 4.78 is 17.8. The molecule has 4 aromatic rings. The van der Waals surface area contributed by atoms with Gasteiger partial charge in [-0.2, -0.15) is 4.98 Å². The van der Waals surface area contributed by atoms with Crippen LogP contribution in [0, 0.1) is 0 Å². The number of fused-ring (bicyclic) bond motifs is 2. The molecule has 0 spiro atoms. The Morgan fingerprint density at radius 1 is 1.11 bits per heavy atom. The van der Waals surface area contributed by atoms with Crippen LogP contribution in [0.15, 0.2) is 60.7 Å². The van der Waals surface area contributed by atoms with Crippen LogP contribution in [0.5, 0.6) is 6.01 Å². The number of carbonyl (C=O) groups excluding carboxylic acids is 2. The Bertz CT molecular complexity index is 1500. The first-order valence-corrected chi connectivity index (χ1v) is 12.5. The summed E-state index contributed by atoms with van der Waals surface area (Å²) in [4.78, 5) is 36.0. The first-order chi connectivity index (χ1) is 18.5. The average Bonchev–Trinajstić information content (AvgIpc) is 3.64. The van der Waals surface area contributed by atoms with E-state index < -0.39 is 29.8 Å². The minimum Gasteiger partial charge on any atom is -0.456 e. The molecule has 2 aliphatic heterocycles. The first kappa shape index (κ1) is 24.4. The van der Waals surface area contributed by atoms with Crippen molar-refractivity contribution >= 4 is 35.1 Å². The summed E-state index contributed by atoms with van der Waals surface area (Å²) in [5.41, 5.74) is 3.42. The molecule has 10 nitrogen and oxygen atoms in total. The summed E-state index contributed by atoms with van der Waals surface area (Å²) in [6, 6.07) is 20.1. The minimum atomic E-state index is -1.33. The van der Waals surface area contributed by atoms with Crippen molar-refractivity contribution < 1.29 is 23.8 Å². The van der Waals surface area contributed by atoms with Crippen molar-refractivity contribution in [3.05, 3.63) is 65.7 Å². The Morgan fingerprint density at radius 2 is 1.84 bits per heavy atom. The van der Waals surface area contributed by atoms with Crippen molar-refractivity contribution in [2.75, 3.05) is 20.3 Å². The van der Waals surface area contributed by atoms with Crippen molar-refractivity contribution in [1.29, 1.82) is 0 Å². The maximum absolute atomic E-state index is 12.6. The predicted molar refractivity (Wildman–Crippen MR) is 140 cm³/mol. The number of amides is 2. The van der Waals surface area contributed by atoms with Crippen LogP contribution in [-0.2, 0) is 19.1 Å². The largest absolute Gasteiger partial charge is 0.456 e. The zero-order valence-electron chi connectivity index (χ0n) is 20.3. The van der Waals surface area contributed by atoms with Crippen LogP contribution in [0.25, 0.3) is 33.5 Å². The van der Waals surface area contributed by atoms with Gasteiger partial charge in [0, 0.05) is 12.6 Å². The fraction of sp³-hybridized carbons (Fsp3) is 0.259. The molecule has 0 aliphatic carbocycles. The van der Waals surface area contributed by atoms with Crippen molar-refractivity contribution in [3.63, 3.8) is 0 Å². The van der Waals surface area contributed by atoms with Crippen LogP contribution < -0.4 is 15.4 Å². The fourth-order valence-corrected chi connectivity index (χ4v) is 5.33. The second kappa shape index (κ2) is 9.71. The SMILES string of the molecule is CNC(=O)C1(NC=O)CO[C@@H]2C(Oc3nc4nc(-c5ccc(-c6ccccc6)cc5)c(Cl)cc4[nH]3)CO[C@@H]21. The van der Waals surface area contributed by atoms with E-state index >= 15 is 0 Å². The molecule has 0 bridgehead atoms. The molecule has 2 saturated heterocycles. The van der Waals surface area contributed by atoms with Crippen LogP contribution in [0.3, 0.4) is 0 Å². The molecule has 2 aromatic heterocycles. The number of halogens is 1. The van der Waals surface area contributed by atoms with Gasteiger partial charge < -0.3 is 29.8 Å². The molecule has 194 valence electrons. The number of nitrogens with zero attached hydrogens (tertiary/aromatic N) is 2. The summed E-state index contributed by atoms with van der Waals surface area (Å²) >= 11 is 6.59. The number of ether oxygens (including phenoxy) is 3. The van der Waals surface area contributed by atoms with Gasteiger partial charge in [-0.15, -0.1) is 0 Å². The molecule has 2 aliphatic rings. The normalized spacial score (nSPS) is 24.2. The van der Waals surface area contributed by atoms with Gasteiger partial charge in [-0.3, -0.25) is 9.59 Å². The van der Waals surface area contributed by atoms with Crippen molar-refractivity contribution in [2.45, 2.75) is 23.9 Å². The van der Waals surface area contributed by atoms with Crippen LogP contribution in [0.1, 0.15) is 0 Å². The quantitative estimate of drug-likeness (QED) is 0.312. The molecule has 0 radical (unpaired) electrons. The highest BCUT2D eigenvalue weighted by molar-refractivity contribution is 6.33. The van der Waals surface area contributed by atoms with E-state index in [-0.39, 0.29) is 19.2 Å². The molecule has 3 N–H and O–H groups in total. The number of likely N-dealkylation sites (N-methyl/N-ethyl adjacent to an activating group) is 1. The standard InChI is InChI=1S/C27H24ClN5O5/c1-29-25(35)27(30-14-34)13-37-22-20(12-36-23(22)27)38-26-31-19-11-18(28)21(32-24(19)33-26)17-9-7-16(8-10-17)15-5-3-2-4-6-15/h2-11,14,20,22-23H,12-13H2,1H3,(H,29,35)(H,30,34)(H,31,32,33)/t20?,22-,23+,27?/m1/s1. The Kier molecular flexibility index (Phi) is 6.22. The number of pyridine rings is 1. The van der Waals surface area contributed by atoms with Crippen molar-refractivity contribution in [1.82, 2.24) is 25.6 Å². The lowest BCUT2D eigenvalue weighted by Crippen LogP contribution is -2.63. The number of carbonyl (C=O) groups is 2. The van der Waals surface area contributed by atoms with E-state index in [4.69, 9.17) is 25.8 Å². The van der Waals surface area contributed by atoms with E-state index in [9.17, 15) is 9.59 Å². The second-order valence-electron chi connectivity index (χ2n) is 9.17. The zero-order valence-corrected chi connectivity index (χ0v) is 21.1. The molecule has 2 amide bonds. The molecule has 6 rings (SSSR count). The monoisotopic (exact) mass is 533 g/mol. The molecule has 11 heteroatoms. The molecule has 4 atom stereocenters. The van der Waals surface area contributed by atoms with Gasteiger partial charge in [0.2, 0.25) is 6.41 Å². The third-order valence-electron chi connectivity index (χ3n) is 6.98. The summed E-state index contributed by atoms with van der Waals surface area (Å²) in [5, 5.41) is 5.61. The number of benzene rings is 2. The van der Waals surface area contributed by atoms with Gasteiger partial charge in [-0.1, -0.05) is 66.2 Å². The van der Waals surface area contributed by atoms with Gasteiger partial charge in [-0.05, 0) is 17.2 Å². The fourth-order valence-electron chi connectivity index (χ4n) is 5.07. The topological polar surface area (TPSA) is 127 Å². The minimum absolute atomic E-state index is 0.0374. The van der Waals surface area contributed by atoms with E-state index in [0.717, 1.165) is 16.7 Å². The number of hydrogen-bond donors (Lipinski definition) is 3. The smallest absolute Gasteiger partial charge is 0.296 e. The zero-order chi connectivity index (χ0) is 26.3. The van der Waals surface area contributed by atoms with E-state index in [1.807, 2.05) is 42.5 Å². The average molecular weight is 534 g/mol. The molecule has 0 saturated carbocycles. The molecular formula is C27H24ClN5O5. The second-order valence-corrected chi connectivity index (χ2v) is 9.58. The van der Waals surface area contributed by atoms with E-state index in [2.05, 4.69) is 37.7 Å². The number of rotatable bonds is 7. The summed E-state index contributed by atoms with van der Waals surface area (Å²) in [7, 11) is 1.49. The lowest BCUT2D eigenvalue weighted by molar-refractivity contribution is -0.134. The van der Waals surface area contributed by atoms with Crippen LogP contribution in [0.4, 0.5) is 0 Å².